The Balaban J connectivity index is 1.44. The number of hydrogen-bond donors (Lipinski definition) is 0. The van der Waals surface area contributed by atoms with E-state index in [4.69, 9.17) is 0 Å². The van der Waals surface area contributed by atoms with Gasteiger partial charge in [-0.3, -0.25) is 0 Å². The van der Waals surface area contributed by atoms with Crippen LogP contribution in [0.4, 0.5) is 17.1 Å². The molecule has 0 N–H and O–H groups in total. The van der Waals surface area contributed by atoms with Crippen molar-refractivity contribution in [2.45, 2.75) is 45.3 Å². The van der Waals surface area contributed by atoms with Crippen molar-refractivity contribution in [1.82, 2.24) is 0 Å². The number of rotatable bonds is 3. The van der Waals surface area contributed by atoms with E-state index in [-0.39, 0.29) is 10.8 Å². The lowest BCUT2D eigenvalue weighted by molar-refractivity contribution is 0.627. The molecule has 1 heterocycles. The second kappa shape index (κ2) is 8.48. The van der Waals surface area contributed by atoms with Crippen molar-refractivity contribution in [3.05, 3.63) is 131 Å². The first-order chi connectivity index (χ1) is 18.8. The summed E-state index contributed by atoms with van der Waals surface area (Å²) in [6.07, 6.45) is 0. The molecule has 2 heteroatoms. The van der Waals surface area contributed by atoms with Crippen LogP contribution < -0.4 is 10.4 Å². The summed E-state index contributed by atoms with van der Waals surface area (Å²) in [7, 11) is 2.15. The van der Waals surface area contributed by atoms with Crippen molar-refractivity contribution < 1.29 is 0 Å². The fraction of sp³-hybridized carbons (Fsp3) is 0.189. The first-order valence-corrected chi connectivity index (χ1v) is 14.0. The molecule has 0 fully saturated rings. The minimum Gasteiger partial charge on any atom is -0.310 e. The molecule has 0 unspecified atom stereocenters. The highest BCUT2D eigenvalue weighted by atomic mass is 15.2. The van der Waals surface area contributed by atoms with Crippen LogP contribution in [-0.2, 0) is 10.8 Å². The molecule has 0 bridgehead atoms. The zero-order chi connectivity index (χ0) is 26.9. The maximum absolute atomic E-state index is 2.50. The summed E-state index contributed by atoms with van der Waals surface area (Å²) in [6.45, 7) is 11.6. The molecule has 1 aliphatic heterocycles. The summed E-state index contributed by atoms with van der Waals surface area (Å²) in [4.78, 5) is 2.47. The normalized spacial score (nSPS) is 15.7. The van der Waals surface area contributed by atoms with Crippen LogP contribution in [0.3, 0.4) is 0 Å². The molecule has 0 atom stereocenters. The van der Waals surface area contributed by atoms with Crippen LogP contribution in [0.1, 0.15) is 49.9 Å². The molecule has 7 rings (SSSR count). The summed E-state index contributed by atoms with van der Waals surface area (Å²) in [5.74, 6) is 0. The quantitative estimate of drug-likeness (QED) is 0.222. The monoisotopic (exact) mass is 502 g/mol. The predicted molar refractivity (Wildman–Crippen MR) is 168 cm³/mol. The van der Waals surface area contributed by atoms with Crippen LogP contribution in [0, 0.1) is 0 Å². The molecule has 0 amide bonds. The number of nitrogens with zero attached hydrogens (tertiary/aromatic N) is 1. The van der Waals surface area contributed by atoms with Gasteiger partial charge in [0.2, 0.25) is 0 Å². The summed E-state index contributed by atoms with van der Waals surface area (Å²) in [6, 6.07) is 40.7. The first kappa shape index (κ1) is 24.0. The van der Waals surface area contributed by atoms with Crippen LogP contribution >= 0.6 is 0 Å². The molecule has 1 nitrogen and oxygen atoms in total. The van der Waals surface area contributed by atoms with Crippen molar-refractivity contribution in [3.63, 3.8) is 0 Å². The number of anilines is 3. The van der Waals surface area contributed by atoms with Gasteiger partial charge in [-0.25, -0.2) is 0 Å². The van der Waals surface area contributed by atoms with Gasteiger partial charge < -0.3 is 4.90 Å². The Morgan fingerprint density at radius 1 is 0.513 bits per heavy atom. The molecule has 0 aromatic heterocycles. The molecule has 1 aliphatic carbocycles. The van der Waals surface area contributed by atoms with Crippen molar-refractivity contribution in [2.24, 2.45) is 0 Å². The average molecular weight is 502 g/mol. The van der Waals surface area contributed by atoms with Gasteiger partial charge in [-0.1, -0.05) is 113 Å². The third kappa shape index (κ3) is 3.47. The van der Waals surface area contributed by atoms with E-state index >= 15 is 0 Å². The Morgan fingerprint density at radius 2 is 1.15 bits per heavy atom. The van der Waals surface area contributed by atoms with Gasteiger partial charge in [-0.15, -0.1) is 0 Å². The molecule has 2 aliphatic rings. The third-order valence-electron chi connectivity index (χ3n) is 9.12. The zero-order valence-corrected chi connectivity index (χ0v) is 23.4. The zero-order valence-electron chi connectivity index (χ0n) is 23.4. The molecule has 39 heavy (non-hydrogen) atoms. The fourth-order valence-electron chi connectivity index (χ4n) is 6.83. The number of fused-ring (bicyclic) bond motifs is 5. The van der Waals surface area contributed by atoms with Crippen LogP contribution in [0.2, 0.25) is 6.82 Å². The van der Waals surface area contributed by atoms with Gasteiger partial charge in [0.05, 0.1) is 11.4 Å². The van der Waals surface area contributed by atoms with Gasteiger partial charge in [0, 0.05) is 16.5 Å². The molecule has 189 valence electrons. The Hall–Kier alpha value is -4.04. The average Bonchev–Trinajstić information content (AvgIpc) is 3.18. The fourth-order valence-corrected chi connectivity index (χ4v) is 6.83. The van der Waals surface area contributed by atoms with Crippen LogP contribution in [-0.4, -0.2) is 7.28 Å². The molecular formula is C37H33BN. The minimum atomic E-state index is -0.114. The smallest absolute Gasteiger partial charge is 0.148 e. The van der Waals surface area contributed by atoms with Gasteiger partial charge in [0.25, 0.3) is 0 Å². The van der Waals surface area contributed by atoms with Gasteiger partial charge in [0.1, 0.15) is 7.28 Å². The number of hydrogen-bond acceptors (Lipinski definition) is 1. The van der Waals surface area contributed by atoms with Gasteiger partial charge >= 0.3 is 0 Å². The van der Waals surface area contributed by atoms with E-state index < -0.39 is 0 Å². The van der Waals surface area contributed by atoms with Crippen molar-refractivity contribution in [2.75, 3.05) is 4.90 Å². The van der Waals surface area contributed by atoms with Crippen LogP contribution in [0.25, 0.3) is 22.3 Å². The van der Waals surface area contributed by atoms with Crippen molar-refractivity contribution in [3.8, 4) is 22.3 Å². The van der Waals surface area contributed by atoms with E-state index in [9.17, 15) is 0 Å². The maximum Gasteiger partial charge on any atom is 0.148 e. The highest BCUT2D eigenvalue weighted by Gasteiger charge is 2.42. The lowest BCUT2D eigenvalue weighted by Gasteiger charge is -2.42. The molecular weight excluding hydrogens is 469 g/mol. The summed E-state index contributed by atoms with van der Waals surface area (Å²) < 4.78 is 0. The SMILES string of the molecule is C[B]c1ccc(-c2ccc3c(c2)C(C)(C)c2cc4c(cc2-3)C(C)(C)c2ccccc2N4c2ccccc2)cc1. The Kier molecular flexibility index (Phi) is 5.23. The minimum absolute atomic E-state index is 0.101. The van der Waals surface area contributed by atoms with E-state index in [0.29, 0.717) is 0 Å². The highest BCUT2D eigenvalue weighted by Crippen LogP contribution is 2.57. The van der Waals surface area contributed by atoms with E-state index in [1.54, 1.807) is 0 Å². The van der Waals surface area contributed by atoms with E-state index in [1.165, 1.54) is 67.0 Å². The topological polar surface area (TPSA) is 3.24 Å². The molecule has 5 aromatic carbocycles. The first-order valence-electron chi connectivity index (χ1n) is 14.0. The van der Waals surface area contributed by atoms with Crippen LogP contribution in [0.5, 0.6) is 0 Å². The number of para-hydroxylation sites is 2. The third-order valence-corrected chi connectivity index (χ3v) is 9.12. The summed E-state index contributed by atoms with van der Waals surface area (Å²) in [5.41, 5.74) is 15.6. The van der Waals surface area contributed by atoms with Gasteiger partial charge in [0.15, 0.2) is 0 Å². The van der Waals surface area contributed by atoms with Crippen molar-refractivity contribution >= 4 is 29.8 Å². The van der Waals surface area contributed by atoms with Crippen LogP contribution in [0.15, 0.2) is 109 Å². The lowest BCUT2D eigenvalue weighted by Crippen LogP contribution is -2.31. The van der Waals surface area contributed by atoms with E-state index in [0.717, 1.165) is 0 Å². The lowest BCUT2D eigenvalue weighted by atomic mass is 9.72. The Labute approximate surface area is 233 Å². The molecule has 5 aromatic rings. The second-order valence-corrected chi connectivity index (χ2v) is 12.0. The standard InChI is InChI=1S/C37H33BN/c1-36(2)30-13-9-10-14-34(30)39(27-11-7-6-8-12-27)35-23-32-29(22-33(35)36)28-20-17-25(21-31(28)37(32,3)4)24-15-18-26(38-5)19-16-24/h6-23H,1-5H3. The van der Waals surface area contributed by atoms with E-state index in [2.05, 4.69) is 156 Å². The number of benzene rings is 5. The van der Waals surface area contributed by atoms with Crippen molar-refractivity contribution in [1.29, 1.82) is 0 Å². The van der Waals surface area contributed by atoms with E-state index in [1.807, 2.05) is 0 Å². The van der Waals surface area contributed by atoms with Gasteiger partial charge in [-0.05, 0) is 80.9 Å². The Bertz CT molecular complexity index is 1730. The maximum atomic E-state index is 2.50. The molecule has 1 radical (unpaired) electrons. The summed E-state index contributed by atoms with van der Waals surface area (Å²) >= 11 is 0. The Morgan fingerprint density at radius 3 is 1.90 bits per heavy atom. The highest BCUT2D eigenvalue weighted by molar-refractivity contribution is 6.51. The second-order valence-electron chi connectivity index (χ2n) is 12.0. The van der Waals surface area contributed by atoms with Gasteiger partial charge in [-0.2, -0.15) is 0 Å². The largest absolute Gasteiger partial charge is 0.310 e. The molecule has 0 spiro atoms. The molecule has 0 saturated carbocycles. The predicted octanol–water partition coefficient (Wildman–Crippen LogP) is 9.15. The summed E-state index contributed by atoms with van der Waals surface area (Å²) in [5, 5.41) is 0. The molecule has 0 saturated heterocycles.